The van der Waals surface area contributed by atoms with Crippen LogP contribution in [0.15, 0.2) is 36.4 Å². The minimum Gasteiger partial charge on any atom is -0.464 e. The Balaban J connectivity index is 1.12. The van der Waals surface area contributed by atoms with Gasteiger partial charge in [-0.05, 0) is 91.4 Å². The number of alkyl halides is 3. The average Bonchev–Trinajstić information content (AvgIpc) is 3.19. The molecule has 4 aliphatic rings. The van der Waals surface area contributed by atoms with Gasteiger partial charge in [0.1, 0.15) is 6.61 Å². The predicted molar refractivity (Wildman–Crippen MR) is 131 cm³/mol. The highest BCUT2D eigenvalue weighted by Crippen LogP contribution is 2.65. The van der Waals surface area contributed by atoms with Crippen molar-refractivity contribution in [2.75, 3.05) is 13.2 Å². The SMILES string of the molecule is C[C@]12C=CC(=O)NC1CCC1C2CC[C@@]2(C)C1CC[C@@H]2COC(=O)COCc1ccc(C(F)(F)F)cc1. The number of ether oxygens (including phenoxy) is 2. The summed E-state index contributed by atoms with van der Waals surface area (Å²) in [6, 6.07) is 4.95. The van der Waals surface area contributed by atoms with E-state index in [-0.39, 0.29) is 36.0 Å². The number of hydrogen-bond donors (Lipinski definition) is 1. The molecule has 5 rings (SSSR count). The summed E-state index contributed by atoms with van der Waals surface area (Å²) in [5, 5.41) is 3.20. The van der Waals surface area contributed by atoms with Crippen molar-refractivity contribution in [3.63, 3.8) is 0 Å². The summed E-state index contributed by atoms with van der Waals surface area (Å²) < 4.78 is 49.1. The van der Waals surface area contributed by atoms with Gasteiger partial charge in [0.2, 0.25) is 5.91 Å². The lowest BCUT2D eigenvalue weighted by molar-refractivity contribution is -0.153. The van der Waals surface area contributed by atoms with Crippen LogP contribution in [0.1, 0.15) is 63.5 Å². The molecule has 7 atom stereocenters. The highest BCUT2D eigenvalue weighted by Gasteiger charge is 2.59. The molecule has 3 aliphatic carbocycles. The molecule has 1 aliphatic heterocycles. The van der Waals surface area contributed by atoms with E-state index in [0.717, 1.165) is 50.7 Å². The third-order valence-electron chi connectivity index (χ3n) is 10.1. The minimum atomic E-state index is -4.37. The van der Waals surface area contributed by atoms with Crippen molar-refractivity contribution in [2.45, 2.75) is 71.2 Å². The first kappa shape index (κ1) is 26.3. The molecule has 0 saturated heterocycles. The van der Waals surface area contributed by atoms with Crippen LogP contribution in [0.5, 0.6) is 0 Å². The van der Waals surface area contributed by atoms with Gasteiger partial charge in [0, 0.05) is 11.5 Å². The van der Waals surface area contributed by atoms with E-state index in [0.29, 0.717) is 35.8 Å². The van der Waals surface area contributed by atoms with E-state index >= 15 is 0 Å². The zero-order chi connectivity index (χ0) is 26.4. The van der Waals surface area contributed by atoms with Gasteiger partial charge in [-0.1, -0.05) is 32.1 Å². The second kappa shape index (κ2) is 9.75. The summed E-state index contributed by atoms with van der Waals surface area (Å²) in [7, 11) is 0. The number of amides is 1. The van der Waals surface area contributed by atoms with Crippen LogP contribution in [0.25, 0.3) is 0 Å². The molecule has 0 aromatic heterocycles. The second-order valence-corrected chi connectivity index (χ2v) is 11.9. The fraction of sp³-hybridized carbons (Fsp3) is 0.655. The van der Waals surface area contributed by atoms with Crippen LogP contribution in [0.4, 0.5) is 13.2 Å². The van der Waals surface area contributed by atoms with Crippen LogP contribution in [-0.4, -0.2) is 31.1 Å². The first-order chi connectivity index (χ1) is 17.5. The second-order valence-electron chi connectivity index (χ2n) is 11.9. The van der Waals surface area contributed by atoms with Crippen molar-refractivity contribution in [1.29, 1.82) is 0 Å². The molecular weight excluding hydrogens is 483 g/mol. The third kappa shape index (κ3) is 4.93. The molecular formula is C29H36F3NO4. The summed E-state index contributed by atoms with van der Waals surface area (Å²) in [6.07, 6.45) is 6.03. The van der Waals surface area contributed by atoms with Crippen LogP contribution in [0, 0.1) is 34.5 Å². The van der Waals surface area contributed by atoms with Crippen LogP contribution in [0.2, 0.25) is 0 Å². The van der Waals surface area contributed by atoms with E-state index in [1.165, 1.54) is 12.1 Å². The largest absolute Gasteiger partial charge is 0.464 e. The van der Waals surface area contributed by atoms with Crippen molar-refractivity contribution in [3.05, 3.63) is 47.5 Å². The molecule has 0 bridgehead atoms. The minimum absolute atomic E-state index is 0.00706. The van der Waals surface area contributed by atoms with Crippen LogP contribution in [-0.2, 0) is 31.8 Å². The monoisotopic (exact) mass is 519 g/mol. The van der Waals surface area contributed by atoms with Crippen LogP contribution in [0.3, 0.4) is 0 Å². The average molecular weight is 520 g/mol. The Labute approximate surface area is 216 Å². The van der Waals surface area contributed by atoms with Gasteiger partial charge in [0.05, 0.1) is 18.8 Å². The first-order valence-electron chi connectivity index (χ1n) is 13.4. The number of halogens is 3. The molecule has 1 aromatic rings. The number of benzene rings is 1. The Hall–Kier alpha value is -2.35. The summed E-state index contributed by atoms with van der Waals surface area (Å²) in [5.41, 5.74) is -0.00261. The number of nitrogens with one attached hydrogen (secondary N) is 1. The highest BCUT2D eigenvalue weighted by molar-refractivity contribution is 5.89. The van der Waals surface area contributed by atoms with Gasteiger partial charge in [-0.25, -0.2) is 4.79 Å². The third-order valence-corrected chi connectivity index (χ3v) is 10.1. The Kier molecular flexibility index (Phi) is 6.92. The standard InChI is InChI=1S/C29H36F3NO4/c1-27-13-11-23-21(8-10-24-28(23,2)14-12-25(34)33-24)22(27)9-7-20(27)16-37-26(35)17-36-15-18-3-5-19(6-4-18)29(30,31)32/h3-6,12,14,20-24H,7-11,13,15-17H2,1-2H3,(H,33,34)/t20-,21?,22?,23?,24?,27-,28-/m1/s1. The first-order valence-corrected chi connectivity index (χ1v) is 13.4. The number of carbonyl (C=O) groups excluding carboxylic acids is 2. The van der Waals surface area contributed by atoms with E-state index < -0.39 is 17.7 Å². The summed E-state index contributed by atoms with van der Waals surface area (Å²) in [4.78, 5) is 24.3. The quantitative estimate of drug-likeness (QED) is 0.492. The Morgan fingerprint density at radius 1 is 1.05 bits per heavy atom. The maximum absolute atomic E-state index is 12.7. The van der Waals surface area contributed by atoms with E-state index in [1.54, 1.807) is 6.08 Å². The number of fused-ring (bicyclic) bond motifs is 5. The predicted octanol–water partition coefficient (Wildman–Crippen LogP) is 5.68. The molecule has 0 radical (unpaired) electrons. The van der Waals surface area contributed by atoms with Gasteiger partial charge in [-0.15, -0.1) is 0 Å². The molecule has 1 heterocycles. The number of hydrogen-bond acceptors (Lipinski definition) is 4. The van der Waals surface area contributed by atoms with E-state index in [2.05, 4.69) is 25.2 Å². The molecule has 202 valence electrons. The van der Waals surface area contributed by atoms with Gasteiger partial charge in [-0.3, -0.25) is 4.79 Å². The van der Waals surface area contributed by atoms with Gasteiger partial charge in [-0.2, -0.15) is 13.2 Å². The number of rotatable bonds is 6. The molecule has 37 heavy (non-hydrogen) atoms. The smallest absolute Gasteiger partial charge is 0.416 e. The van der Waals surface area contributed by atoms with Crippen LogP contribution >= 0.6 is 0 Å². The molecule has 0 spiro atoms. The van der Waals surface area contributed by atoms with Crippen molar-refractivity contribution >= 4 is 11.9 Å². The molecule has 4 unspecified atom stereocenters. The van der Waals surface area contributed by atoms with Crippen LogP contribution < -0.4 is 5.32 Å². The molecule has 1 N–H and O–H groups in total. The molecule has 1 amide bonds. The summed E-state index contributed by atoms with van der Waals surface area (Å²) in [5.74, 6) is 1.66. The molecule has 1 aromatic carbocycles. The highest BCUT2D eigenvalue weighted by atomic mass is 19.4. The number of carbonyl (C=O) groups is 2. The lowest BCUT2D eigenvalue weighted by atomic mass is 9.48. The van der Waals surface area contributed by atoms with Gasteiger partial charge in [0.15, 0.2) is 0 Å². The van der Waals surface area contributed by atoms with E-state index in [9.17, 15) is 22.8 Å². The topological polar surface area (TPSA) is 64.6 Å². The van der Waals surface area contributed by atoms with E-state index in [4.69, 9.17) is 9.47 Å². The van der Waals surface area contributed by atoms with Crippen molar-refractivity contribution in [2.24, 2.45) is 34.5 Å². The van der Waals surface area contributed by atoms with Crippen molar-refractivity contribution in [1.82, 2.24) is 5.32 Å². The molecule has 3 fully saturated rings. The van der Waals surface area contributed by atoms with E-state index in [1.807, 2.05) is 0 Å². The molecule has 3 saturated carbocycles. The normalized spacial score (nSPS) is 36.8. The maximum Gasteiger partial charge on any atom is 0.416 e. The fourth-order valence-electron chi connectivity index (χ4n) is 7.99. The Morgan fingerprint density at radius 2 is 1.81 bits per heavy atom. The maximum atomic E-state index is 12.7. The zero-order valence-electron chi connectivity index (χ0n) is 21.5. The number of esters is 1. The summed E-state index contributed by atoms with van der Waals surface area (Å²) in [6.45, 7) is 4.88. The van der Waals surface area contributed by atoms with Crippen molar-refractivity contribution < 1.29 is 32.2 Å². The lowest BCUT2D eigenvalue weighted by Gasteiger charge is -2.58. The fourth-order valence-corrected chi connectivity index (χ4v) is 7.99. The van der Waals surface area contributed by atoms with Gasteiger partial charge >= 0.3 is 12.1 Å². The van der Waals surface area contributed by atoms with Gasteiger partial charge < -0.3 is 14.8 Å². The molecule has 5 nitrogen and oxygen atoms in total. The Morgan fingerprint density at radius 3 is 2.54 bits per heavy atom. The molecule has 8 heteroatoms. The summed E-state index contributed by atoms with van der Waals surface area (Å²) >= 11 is 0. The van der Waals surface area contributed by atoms with Crippen molar-refractivity contribution in [3.8, 4) is 0 Å². The lowest BCUT2D eigenvalue weighted by Crippen LogP contribution is -2.59. The zero-order valence-corrected chi connectivity index (χ0v) is 21.5. The van der Waals surface area contributed by atoms with Gasteiger partial charge in [0.25, 0.3) is 0 Å². The Bertz CT molecular complexity index is 1050.